The van der Waals surface area contributed by atoms with Gasteiger partial charge in [-0.05, 0) is 77.2 Å². The second-order valence-corrected chi connectivity index (χ2v) is 9.23. The Morgan fingerprint density at radius 1 is 1.16 bits per heavy atom. The van der Waals surface area contributed by atoms with Gasteiger partial charge in [0.2, 0.25) is 5.95 Å². The van der Waals surface area contributed by atoms with Crippen LogP contribution in [0, 0.1) is 6.92 Å². The lowest BCUT2D eigenvalue weighted by Gasteiger charge is -2.13. The van der Waals surface area contributed by atoms with Gasteiger partial charge in [-0.3, -0.25) is 4.98 Å². The van der Waals surface area contributed by atoms with Gasteiger partial charge in [-0.15, -0.1) is 0 Å². The van der Waals surface area contributed by atoms with E-state index in [-0.39, 0.29) is 0 Å². The molecule has 3 aromatic rings. The van der Waals surface area contributed by atoms with Crippen molar-refractivity contribution in [2.24, 2.45) is 0 Å². The van der Waals surface area contributed by atoms with Crippen LogP contribution in [-0.2, 0) is 12.8 Å². The number of hydrogen-bond acceptors (Lipinski definition) is 6. The Morgan fingerprint density at radius 3 is 2.78 bits per heavy atom. The van der Waals surface area contributed by atoms with Gasteiger partial charge in [0, 0.05) is 40.1 Å². The molecule has 6 nitrogen and oxygen atoms in total. The fraction of sp³-hybridized carbons (Fsp3) is 0.333. The Balaban J connectivity index is 1.54. The number of hydrogen-bond donors (Lipinski definition) is 2. The van der Waals surface area contributed by atoms with Crippen molar-refractivity contribution in [1.29, 1.82) is 0 Å². The predicted molar refractivity (Wildman–Crippen MR) is 136 cm³/mol. The molecule has 1 aromatic carbocycles. The molecule has 32 heavy (non-hydrogen) atoms. The molecule has 0 saturated carbocycles. The number of anilines is 3. The maximum atomic E-state index is 6.19. The minimum Gasteiger partial charge on any atom is -0.349 e. The SMILES string of the molecule is Cc1nc(CCCCN(C)C)ccc1Nc1ncc2c(n1)-c1ccc(Cl)cc1NC(=S)C2. The topological polar surface area (TPSA) is 66.0 Å². The normalized spacial score (nSPS) is 12.7. The summed E-state index contributed by atoms with van der Waals surface area (Å²) < 4.78 is 0. The van der Waals surface area contributed by atoms with Crippen LogP contribution in [-0.4, -0.2) is 45.5 Å². The van der Waals surface area contributed by atoms with Crippen molar-refractivity contribution in [3.63, 3.8) is 0 Å². The van der Waals surface area contributed by atoms with Gasteiger partial charge in [-0.2, -0.15) is 0 Å². The van der Waals surface area contributed by atoms with Crippen LogP contribution in [0.1, 0.15) is 29.8 Å². The number of aromatic nitrogens is 3. The highest BCUT2D eigenvalue weighted by Crippen LogP contribution is 2.35. The minimum absolute atomic E-state index is 0.529. The molecule has 1 aliphatic heterocycles. The van der Waals surface area contributed by atoms with E-state index in [1.54, 1.807) is 0 Å². The molecule has 0 aliphatic carbocycles. The fourth-order valence-corrected chi connectivity index (χ4v) is 4.20. The number of aryl methyl sites for hydroxylation is 2. The highest BCUT2D eigenvalue weighted by Gasteiger charge is 2.20. The lowest BCUT2D eigenvalue weighted by Crippen LogP contribution is -2.13. The molecule has 0 spiro atoms. The van der Waals surface area contributed by atoms with Crippen LogP contribution in [0.2, 0.25) is 5.02 Å². The van der Waals surface area contributed by atoms with Crippen molar-refractivity contribution in [1.82, 2.24) is 19.9 Å². The molecule has 0 fully saturated rings. The number of benzene rings is 1. The maximum Gasteiger partial charge on any atom is 0.227 e. The predicted octanol–water partition coefficient (Wildman–Crippen LogP) is 5.42. The first-order valence-electron chi connectivity index (χ1n) is 10.7. The van der Waals surface area contributed by atoms with Crippen LogP contribution in [0.25, 0.3) is 11.3 Å². The molecule has 0 bridgehead atoms. The van der Waals surface area contributed by atoms with Crippen molar-refractivity contribution in [3.05, 3.63) is 58.5 Å². The van der Waals surface area contributed by atoms with Crippen molar-refractivity contribution in [2.75, 3.05) is 31.3 Å². The van der Waals surface area contributed by atoms with Gasteiger partial charge in [0.15, 0.2) is 0 Å². The van der Waals surface area contributed by atoms with Crippen molar-refractivity contribution < 1.29 is 0 Å². The molecule has 4 rings (SSSR count). The first-order valence-corrected chi connectivity index (χ1v) is 11.5. The van der Waals surface area contributed by atoms with E-state index in [0.29, 0.717) is 17.4 Å². The van der Waals surface area contributed by atoms with Crippen LogP contribution in [0.15, 0.2) is 36.5 Å². The van der Waals surface area contributed by atoms with Crippen LogP contribution in [0.4, 0.5) is 17.3 Å². The summed E-state index contributed by atoms with van der Waals surface area (Å²) >= 11 is 11.7. The number of nitrogens with one attached hydrogen (secondary N) is 2. The molecule has 2 N–H and O–H groups in total. The smallest absolute Gasteiger partial charge is 0.227 e. The van der Waals surface area contributed by atoms with Crippen molar-refractivity contribution >= 4 is 46.1 Å². The first-order chi connectivity index (χ1) is 15.4. The Morgan fingerprint density at radius 2 is 2.00 bits per heavy atom. The van der Waals surface area contributed by atoms with Gasteiger partial charge in [0.25, 0.3) is 0 Å². The molecule has 0 radical (unpaired) electrons. The number of rotatable bonds is 7. The zero-order valence-corrected chi connectivity index (χ0v) is 20.1. The molecule has 8 heteroatoms. The summed E-state index contributed by atoms with van der Waals surface area (Å²) in [5.74, 6) is 0.529. The molecule has 166 valence electrons. The number of pyridine rings is 1. The van der Waals surface area contributed by atoms with Gasteiger partial charge in [0.05, 0.1) is 22.1 Å². The molecular weight excluding hydrogens is 440 g/mol. The number of fused-ring (bicyclic) bond motifs is 3. The number of halogens is 1. The molecule has 0 saturated heterocycles. The van der Waals surface area contributed by atoms with Gasteiger partial charge in [-0.25, -0.2) is 9.97 Å². The highest BCUT2D eigenvalue weighted by atomic mass is 35.5. The Kier molecular flexibility index (Phi) is 6.98. The van der Waals surface area contributed by atoms with E-state index in [0.717, 1.165) is 64.0 Å². The molecule has 1 aliphatic rings. The summed E-state index contributed by atoms with van der Waals surface area (Å²) in [6.45, 7) is 3.11. The van der Waals surface area contributed by atoms with E-state index in [1.807, 2.05) is 31.3 Å². The minimum atomic E-state index is 0.529. The molecule has 0 atom stereocenters. The zero-order chi connectivity index (χ0) is 22.7. The van der Waals surface area contributed by atoms with E-state index in [2.05, 4.69) is 46.7 Å². The third-order valence-corrected chi connectivity index (χ3v) is 5.89. The maximum absolute atomic E-state index is 6.19. The number of thiocarbonyl (C=S) groups is 1. The van der Waals surface area contributed by atoms with E-state index in [1.165, 1.54) is 6.42 Å². The lowest BCUT2D eigenvalue weighted by molar-refractivity contribution is 0.394. The standard InChI is InChI=1S/C24H27ClN6S/c1-15-20(10-8-18(27-15)6-4-5-11-31(2)3)29-24-26-14-16-12-22(32)28-21-13-17(25)7-9-19(21)23(16)30-24/h7-10,13-14H,4-6,11-12H2,1-3H3,(H,28,32)(H,26,29,30). The highest BCUT2D eigenvalue weighted by molar-refractivity contribution is 7.80. The summed E-state index contributed by atoms with van der Waals surface area (Å²) in [4.78, 5) is 17.0. The van der Waals surface area contributed by atoms with E-state index < -0.39 is 0 Å². The fourth-order valence-electron chi connectivity index (χ4n) is 3.76. The van der Waals surface area contributed by atoms with Crippen LogP contribution >= 0.6 is 23.8 Å². The molecule has 0 amide bonds. The first kappa shape index (κ1) is 22.6. The quantitative estimate of drug-likeness (QED) is 0.355. The molecular formula is C24H27ClN6S. The lowest BCUT2D eigenvalue weighted by atomic mass is 10.1. The summed E-state index contributed by atoms with van der Waals surface area (Å²) in [6.07, 6.45) is 5.70. The second-order valence-electron chi connectivity index (χ2n) is 8.30. The van der Waals surface area contributed by atoms with E-state index in [9.17, 15) is 0 Å². The average molecular weight is 467 g/mol. The monoisotopic (exact) mass is 466 g/mol. The van der Waals surface area contributed by atoms with Crippen LogP contribution < -0.4 is 10.6 Å². The summed E-state index contributed by atoms with van der Waals surface area (Å²) in [7, 11) is 4.21. The molecule has 0 unspecified atom stereocenters. The summed E-state index contributed by atoms with van der Waals surface area (Å²) in [5.41, 5.74) is 6.60. The van der Waals surface area contributed by atoms with Crippen molar-refractivity contribution in [3.8, 4) is 11.3 Å². The molecule has 3 heterocycles. The van der Waals surface area contributed by atoms with Crippen molar-refractivity contribution in [2.45, 2.75) is 32.6 Å². The van der Waals surface area contributed by atoms with Gasteiger partial charge in [0.1, 0.15) is 0 Å². The van der Waals surface area contributed by atoms with E-state index in [4.69, 9.17) is 33.8 Å². The third kappa shape index (κ3) is 5.41. The second kappa shape index (κ2) is 9.90. The van der Waals surface area contributed by atoms with Gasteiger partial charge >= 0.3 is 0 Å². The summed E-state index contributed by atoms with van der Waals surface area (Å²) in [5, 5.41) is 7.25. The van der Waals surface area contributed by atoms with E-state index >= 15 is 0 Å². The zero-order valence-electron chi connectivity index (χ0n) is 18.6. The van der Waals surface area contributed by atoms with Gasteiger partial charge in [-0.1, -0.05) is 23.8 Å². The number of nitrogens with zero attached hydrogens (tertiary/aromatic N) is 4. The average Bonchev–Trinajstić information content (AvgIpc) is 2.87. The molecule has 2 aromatic heterocycles. The Labute approximate surface area is 199 Å². The Bertz CT molecular complexity index is 1150. The van der Waals surface area contributed by atoms with Crippen LogP contribution in [0.5, 0.6) is 0 Å². The summed E-state index contributed by atoms with van der Waals surface area (Å²) in [6, 6.07) is 9.84. The third-order valence-electron chi connectivity index (χ3n) is 5.40. The Hall–Kier alpha value is -2.61. The number of unbranched alkanes of at least 4 members (excludes halogenated alkanes) is 1. The van der Waals surface area contributed by atoms with Crippen LogP contribution in [0.3, 0.4) is 0 Å². The largest absolute Gasteiger partial charge is 0.349 e. The van der Waals surface area contributed by atoms with Gasteiger partial charge < -0.3 is 15.5 Å².